The van der Waals surface area contributed by atoms with Crippen molar-refractivity contribution in [3.63, 3.8) is 0 Å². The van der Waals surface area contributed by atoms with Gasteiger partial charge in [-0.15, -0.1) is 0 Å². The molecule has 3 rings (SSSR count). The zero-order valence-electron chi connectivity index (χ0n) is 16.7. The van der Waals surface area contributed by atoms with Crippen molar-refractivity contribution in [3.8, 4) is 5.75 Å². The van der Waals surface area contributed by atoms with Crippen LogP contribution in [0.4, 0.5) is 0 Å². The van der Waals surface area contributed by atoms with E-state index >= 15 is 0 Å². The van der Waals surface area contributed by atoms with Crippen molar-refractivity contribution in [1.82, 2.24) is 19.1 Å². The second kappa shape index (κ2) is 9.34. The lowest BCUT2D eigenvalue weighted by Gasteiger charge is -2.34. The molecule has 156 valence electrons. The molecule has 2 heterocycles. The highest BCUT2D eigenvalue weighted by atomic mass is 32.2. The molecule has 0 atom stereocenters. The molecule has 0 N–H and O–H groups in total. The van der Waals surface area contributed by atoms with Crippen LogP contribution in [0, 0.1) is 0 Å². The molecule has 0 aliphatic carbocycles. The van der Waals surface area contributed by atoms with E-state index in [2.05, 4.69) is 4.98 Å². The van der Waals surface area contributed by atoms with Gasteiger partial charge < -0.3 is 9.64 Å². The van der Waals surface area contributed by atoms with Crippen molar-refractivity contribution in [3.05, 3.63) is 54.4 Å². The summed E-state index contributed by atoms with van der Waals surface area (Å²) in [5, 5.41) is 0. The lowest BCUT2D eigenvalue weighted by Crippen LogP contribution is -2.51. The Bertz CT molecular complexity index is 929. The molecular formula is C20H26N4O4S. The fourth-order valence-corrected chi connectivity index (χ4v) is 4.61. The predicted molar refractivity (Wildman–Crippen MR) is 109 cm³/mol. The smallest absolute Gasteiger partial charge is 0.244 e. The van der Waals surface area contributed by atoms with Crippen LogP contribution < -0.4 is 4.74 Å². The minimum atomic E-state index is -3.54. The number of carbonyl (C=O) groups excluding carboxylic acids is 1. The molecule has 29 heavy (non-hydrogen) atoms. The summed E-state index contributed by atoms with van der Waals surface area (Å²) < 4.78 is 32.0. The first kappa shape index (κ1) is 21.2. The maximum atomic E-state index is 12.7. The summed E-state index contributed by atoms with van der Waals surface area (Å²) >= 11 is 0. The fourth-order valence-electron chi connectivity index (χ4n) is 3.22. The van der Waals surface area contributed by atoms with Gasteiger partial charge in [-0.25, -0.2) is 8.42 Å². The average molecular weight is 419 g/mol. The highest BCUT2D eigenvalue weighted by molar-refractivity contribution is 7.89. The van der Waals surface area contributed by atoms with Crippen LogP contribution in [0.15, 0.2) is 53.7 Å². The molecule has 0 spiro atoms. The highest BCUT2D eigenvalue weighted by Crippen LogP contribution is 2.17. The molecule has 1 aliphatic rings. The number of amides is 1. The van der Waals surface area contributed by atoms with Crippen LogP contribution in [0.1, 0.15) is 5.56 Å². The van der Waals surface area contributed by atoms with Crippen molar-refractivity contribution in [2.45, 2.75) is 11.4 Å². The molecule has 0 unspecified atom stereocenters. The fraction of sp³-hybridized carbons (Fsp3) is 0.400. The highest BCUT2D eigenvalue weighted by Gasteiger charge is 2.29. The van der Waals surface area contributed by atoms with Crippen molar-refractivity contribution in [1.29, 1.82) is 0 Å². The van der Waals surface area contributed by atoms with Crippen LogP contribution in [0.25, 0.3) is 0 Å². The van der Waals surface area contributed by atoms with E-state index in [9.17, 15) is 13.2 Å². The third-order valence-electron chi connectivity index (χ3n) is 4.94. The molecule has 1 aliphatic heterocycles. The van der Waals surface area contributed by atoms with Crippen LogP contribution in [0.3, 0.4) is 0 Å². The van der Waals surface area contributed by atoms with Gasteiger partial charge in [0, 0.05) is 52.2 Å². The Balaban J connectivity index is 1.51. The lowest BCUT2D eigenvalue weighted by atomic mass is 10.2. The lowest BCUT2D eigenvalue weighted by molar-refractivity contribution is -0.131. The van der Waals surface area contributed by atoms with Gasteiger partial charge in [-0.2, -0.15) is 4.31 Å². The number of rotatable bonds is 7. The largest absolute Gasteiger partial charge is 0.497 e. The number of nitrogens with zero attached hydrogens (tertiary/aromatic N) is 4. The number of sulfonamides is 1. The maximum Gasteiger partial charge on any atom is 0.244 e. The summed E-state index contributed by atoms with van der Waals surface area (Å²) in [5.74, 6) is 0.755. The minimum absolute atomic E-state index is 0.00335. The maximum absolute atomic E-state index is 12.7. The number of ether oxygens (including phenoxy) is 1. The van der Waals surface area contributed by atoms with Gasteiger partial charge in [-0.1, -0.05) is 12.1 Å². The molecule has 2 aromatic rings. The first-order chi connectivity index (χ1) is 13.9. The van der Waals surface area contributed by atoms with E-state index in [1.165, 1.54) is 10.5 Å². The number of piperazine rings is 1. The number of methoxy groups -OCH3 is 1. The first-order valence-electron chi connectivity index (χ1n) is 9.39. The van der Waals surface area contributed by atoms with E-state index in [1.54, 1.807) is 37.4 Å². The second-order valence-corrected chi connectivity index (χ2v) is 8.91. The summed E-state index contributed by atoms with van der Waals surface area (Å²) in [7, 11) is -0.159. The van der Waals surface area contributed by atoms with Gasteiger partial charge in [0.1, 0.15) is 10.6 Å². The Kier molecular flexibility index (Phi) is 6.83. The van der Waals surface area contributed by atoms with E-state index in [0.29, 0.717) is 32.7 Å². The number of hydrogen-bond donors (Lipinski definition) is 0. The van der Waals surface area contributed by atoms with E-state index in [0.717, 1.165) is 11.3 Å². The Morgan fingerprint density at radius 2 is 1.93 bits per heavy atom. The van der Waals surface area contributed by atoms with E-state index in [4.69, 9.17) is 4.74 Å². The normalized spacial score (nSPS) is 15.8. The van der Waals surface area contributed by atoms with Gasteiger partial charge >= 0.3 is 0 Å². The summed E-state index contributed by atoms with van der Waals surface area (Å²) in [6, 6.07) is 10.8. The van der Waals surface area contributed by atoms with Crippen LogP contribution in [0.2, 0.25) is 0 Å². The SMILES string of the molecule is COc1cccc(CN(C)C(=O)CN2CCN(S(=O)(=O)c3cccnc3)CC2)c1. The van der Waals surface area contributed by atoms with Gasteiger partial charge in [0.15, 0.2) is 0 Å². The van der Waals surface area contributed by atoms with Crippen molar-refractivity contribution >= 4 is 15.9 Å². The molecule has 0 bridgehead atoms. The Morgan fingerprint density at radius 3 is 2.59 bits per heavy atom. The summed E-state index contributed by atoms with van der Waals surface area (Å²) in [5.41, 5.74) is 0.993. The van der Waals surface area contributed by atoms with E-state index in [-0.39, 0.29) is 17.3 Å². The molecule has 0 radical (unpaired) electrons. The summed E-state index contributed by atoms with van der Waals surface area (Å²) in [6.07, 6.45) is 2.91. The molecule has 8 nitrogen and oxygen atoms in total. The Labute approximate surface area is 171 Å². The van der Waals surface area contributed by atoms with Gasteiger partial charge in [0.25, 0.3) is 0 Å². The van der Waals surface area contributed by atoms with E-state index < -0.39 is 10.0 Å². The van der Waals surface area contributed by atoms with Gasteiger partial charge in [-0.3, -0.25) is 14.7 Å². The van der Waals surface area contributed by atoms with Gasteiger partial charge in [0.2, 0.25) is 15.9 Å². The average Bonchev–Trinajstić information content (AvgIpc) is 2.75. The molecule has 1 amide bonds. The van der Waals surface area contributed by atoms with Crippen molar-refractivity contribution in [2.75, 3.05) is 46.9 Å². The number of pyridine rings is 1. The zero-order valence-corrected chi connectivity index (χ0v) is 17.5. The van der Waals surface area contributed by atoms with Crippen LogP contribution in [0.5, 0.6) is 5.75 Å². The number of likely N-dealkylation sites (N-methyl/N-ethyl adjacent to an activating group) is 1. The second-order valence-electron chi connectivity index (χ2n) is 6.97. The van der Waals surface area contributed by atoms with Gasteiger partial charge in [0.05, 0.1) is 13.7 Å². The number of aromatic nitrogens is 1. The van der Waals surface area contributed by atoms with Crippen LogP contribution >= 0.6 is 0 Å². The first-order valence-corrected chi connectivity index (χ1v) is 10.8. The van der Waals surface area contributed by atoms with E-state index in [1.807, 2.05) is 29.2 Å². The molecule has 1 fully saturated rings. The molecule has 0 saturated carbocycles. The van der Waals surface area contributed by atoms with Crippen LogP contribution in [-0.2, 0) is 21.4 Å². The minimum Gasteiger partial charge on any atom is -0.497 e. The standard InChI is InChI=1S/C20H26N4O4S/c1-22(15-17-5-3-6-18(13-17)28-2)20(25)16-23-9-11-24(12-10-23)29(26,27)19-7-4-8-21-14-19/h3-8,13-14H,9-12,15-16H2,1-2H3. The van der Waals surface area contributed by atoms with Crippen LogP contribution in [-0.4, -0.2) is 80.3 Å². The third kappa shape index (κ3) is 5.31. The molecule has 1 aromatic heterocycles. The monoisotopic (exact) mass is 418 g/mol. The topological polar surface area (TPSA) is 83.0 Å². The quantitative estimate of drug-likeness (QED) is 0.669. The Hall–Kier alpha value is -2.49. The number of benzene rings is 1. The van der Waals surface area contributed by atoms with Gasteiger partial charge in [-0.05, 0) is 29.8 Å². The molecule has 1 aromatic carbocycles. The number of carbonyl (C=O) groups is 1. The third-order valence-corrected chi connectivity index (χ3v) is 6.82. The summed E-state index contributed by atoms with van der Waals surface area (Å²) in [4.78, 5) is 20.3. The molecule has 1 saturated heterocycles. The predicted octanol–water partition coefficient (Wildman–Crippen LogP) is 1.06. The number of hydrogen-bond acceptors (Lipinski definition) is 6. The summed E-state index contributed by atoms with van der Waals surface area (Å²) in [6.45, 7) is 2.48. The molecular weight excluding hydrogens is 392 g/mol. The van der Waals surface area contributed by atoms with Crippen molar-refractivity contribution in [2.24, 2.45) is 0 Å². The van der Waals surface area contributed by atoms with Crippen molar-refractivity contribution < 1.29 is 17.9 Å². The molecule has 9 heteroatoms. The Morgan fingerprint density at radius 1 is 1.17 bits per heavy atom. The zero-order chi connectivity index (χ0) is 20.9.